The molecule has 8 heteroatoms. The summed E-state index contributed by atoms with van der Waals surface area (Å²) in [4.78, 5) is 14.7. The van der Waals surface area contributed by atoms with Crippen molar-refractivity contribution in [1.82, 2.24) is 0 Å². The minimum atomic E-state index is -4.07. The molecule has 0 atom stereocenters. The first-order chi connectivity index (χ1) is 11.9. The van der Waals surface area contributed by atoms with Crippen LogP contribution in [0.15, 0.2) is 57.2 Å². The number of nitrogens with zero attached hydrogens (tertiary/aromatic N) is 1. The van der Waals surface area contributed by atoms with E-state index < -0.39 is 16.0 Å². The first-order valence-corrected chi connectivity index (χ1v) is 10.1. The third kappa shape index (κ3) is 3.97. The second-order valence-corrected chi connectivity index (χ2v) is 8.40. The fourth-order valence-corrected chi connectivity index (χ4v) is 4.93. The summed E-state index contributed by atoms with van der Waals surface area (Å²) in [6.45, 7) is 1.52. The van der Waals surface area contributed by atoms with E-state index in [2.05, 4.69) is 0 Å². The van der Waals surface area contributed by atoms with Gasteiger partial charge in [-0.05, 0) is 37.1 Å². The van der Waals surface area contributed by atoms with E-state index in [4.69, 9.17) is 5.14 Å². The zero-order valence-electron chi connectivity index (χ0n) is 13.4. The number of anilines is 1. The van der Waals surface area contributed by atoms with E-state index in [1.54, 1.807) is 0 Å². The van der Waals surface area contributed by atoms with Crippen LogP contribution >= 0.6 is 11.8 Å². The van der Waals surface area contributed by atoms with E-state index in [1.165, 1.54) is 17.8 Å². The molecular weight excluding hydrogens is 360 g/mol. The summed E-state index contributed by atoms with van der Waals surface area (Å²) in [7, 11) is -4.07. The van der Waals surface area contributed by atoms with Crippen molar-refractivity contribution in [2.75, 3.05) is 18.0 Å². The zero-order chi connectivity index (χ0) is 18.0. The van der Waals surface area contributed by atoms with Gasteiger partial charge in [0.25, 0.3) is 0 Å². The Morgan fingerprint density at radius 1 is 1.12 bits per heavy atom. The SMILES string of the molecule is NS(=O)(=O)c1cc(C(=O)O)cc(N2CCCC2)c1Sc1ccccc1. The van der Waals surface area contributed by atoms with Crippen LogP contribution in [0.3, 0.4) is 0 Å². The fraction of sp³-hybridized carbons (Fsp3) is 0.235. The molecule has 2 aromatic carbocycles. The lowest BCUT2D eigenvalue weighted by Gasteiger charge is -2.23. The number of hydrogen-bond donors (Lipinski definition) is 2. The molecule has 0 amide bonds. The number of rotatable bonds is 5. The van der Waals surface area contributed by atoms with Gasteiger partial charge in [-0.2, -0.15) is 0 Å². The van der Waals surface area contributed by atoms with E-state index in [0.717, 1.165) is 36.9 Å². The maximum atomic E-state index is 12.1. The third-order valence-corrected chi connectivity index (χ3v) is 6.20. The Morgan fingerprint density at radius 3 is 2.32 bits per heavy atom. The summed E-state index contributed by atoms with van der Waals surface area (Å²) in [5.41, 5.74) is 0.526. The molecule has 2 aromatic rings. The Morgan fingerprint density at radius 2 is 1.76 bits per heavy atom. The van der Waals surface area contributed by atoms with E-state index in [9.17, 15) is 18.3 Å². The molecule has 0 aromatic heterocycles. The van der Waals surface area contributed by atoms with Crippen molar-refractivity contribution in [2.45, 2.75) is 27.5 Å². The standard InChI is InChI=1S/C17H18N2O4S2/c18-25(22,23)15-11-12(17(20)21)10-14(19-8-4-5-9-19)16(15)24-13-6-2-1-3-7-13/h1-3,6-7,10-11H,4-5,8-9H2,(H,20,21)(H2,18,22,23). The van der Waals surface area contributed by atoms with Gasteiger partial charge >= 0.3 is 5.97 Å². The van der Waals surface area contributed by atoms with Crippen LogP contribution < -0.4 is 10.0 Å². The van der Waals surface area contributed by atoms with Crippen LogP contribution in [0.4, 0.5) is 5.69 Å². The van der Waals surface area contributed by atoms with Gasteiger partial charge in [0.1, 0.15) is 0 Å². The van der Waals surface area contributed by atoms with Crippen LogP contribution in [0.25, 0.3) is 0 Å². The highest BCUT2D eigenvalue weighted by atomic mass is 32.2. The molecule has 0 bridgehead atoms. The number of aromatic carboxylic acids is 1. The second kappa shape index (κ2) is 7.07. The summed E-state index contributed by atoms with van der Waals surface area (Å²) in [6.07, 6.45) is 1.97. The van der Waals surface area contributed by atoms with E-state index in [1.807, 2.05) is 35.2 Å². The summed E-state index contributed by atoms with van der Waals surface area (Å²) in [6, 6.07) is 12.0. The molecule has 3 rings (SSSR count). The van der Waals surface area contributed by atoms with Crippen LogP contribution in [-0.2, 0) is 10.0 Å². The van der Waals surface area contributed by atoms with Gasteiger partial charge in [-0.1, -0.05) is 30.0 Å². The molecule has 3 N–H and O–H groups in total. The van der Waals surface area contributed by atoms with Crippen LogP contribution in [0, 0.1) is 0 Å². The lowest BCUT2D eigenvalue weighted by Crippen LogP contribution is -2.22. The Labute approximate surface area is 150 Å². The highest BCUT2D eigenvalue weighted by Crippen LogP contribution is 2.41. The molecule has 132 valence electrons. The van der Waals surface area contributed by atoms with Crippen LogP contribution in [-0.4, -0.2) is 32.6 Å². The van der Waals surface area contributed by atoms with E-state index in [0.29, 0.717) is 10.6 Å². The average Bonchev–Trinajstić information content (AvgIpc) is 3.09. The number of nitrogens with two attached hydrogens (primary N) is 1. The van der Waals surface area contributed by atoms with Gasteiger partial charge in [0, 0.05) is 18.0 Å². The monoisotopic (exact) mass is 378 g/mol. The summed E-state index contributed by atoms with van der Waals surface area (Å²) < 4.78 is 24.3. The molecule has 0 spiro atoms. The molecule has 1 aliphatic rings. The molecule has 6 nitrogen and oxygen atoms in total. The maximum Gasteiger partial charge on any atom is 0.335 e. The number of carbonyl (C=O) groups is 1. The normalized spacial score (nSPS) is 14.7. The van der Waals surface area contributed by atoms with Crippen molar-refractivity contribution in [3.05, 3.63) is 48.0 Å². The predicted molar refractivity (Wildman–Crippen MR) is 96.8 cm³/mol. The number of benzene rings is 2. The molecule has 1 heterocycles. The highest BCUT2D eigenvalue weighted by molar-refractivity contribution is 8.00. The largest absolute Gasteiger partial charge is 0.478 e. The van der Waals surface area contributed by atoms with Crippen molar-refractivity contribution in [3.63, 3.8) is 0 Å². The predicted octanol–water partition coefficient (Wildman–Crippen LogP) is 2.78. The first kappa shape index (κ1) is 17.8. The number of sulfonamides is 1. The first-order valence-electron chi connectivity index (χ1n) is 7.78. The van der Waals surface area contributed by atoms with Gasteiger partial charge in [-0.3, -0.25) is 0 Å². The van der Waals surface area contributed by atoms with Crippen molar-refractivity contribution in [2.24, 2.45) is 5.14 Å². The van der Waals surface area contributed by atoms with Crippen molar-refractivity contribution in [3.8, 4) is 0 Å². The van der Waals surface area contributed by atoms with Gasteiger partial charge in [-0.15, -0.1) is 0 Å². The third-order valence-electron chi connectivity index (χ3n) is 4.00. The fourth-order valence-electron chi connectivity index (χ4n) is 2.82. The molecule has 0 radical (unpaired) electrons. The summed E-state index contributed by atoms with van der Waals surface area (Å²) in [5.74, 6) is -1.18. The molecule has 1 saturated heterocycles. The number of carboxylic acids is 1. The quantitative estimate of drug-likeness (QED) is 0.830. The van der Waals surface area contributed by atoms with E-state index in [-0.39, 0.29) is 10.5 Å². The topological polar surface area (TPSA) is 101 Å². The van der Waals surface area contributed by atoms with Gasteiger partial charge < -0.3 is 10.0 Å². The van der Waals surface area contributed by atoms with Gasteiger partial charge in [0.05, 0.1) is 21.0 Å². The van der Waals surface area contributed by atoms with Crippen LogP contribution in [0.2, 0.25) is 0 Å². The Bertz CT molecular complexity index is 892. The minimum Gasteiger partial charge on any atom is -0.478 e. The number of carboxylic acid groups (broad SMARTS) is 1. The molecule has 1 fully saturated rings. The molecule has 0 saturated carbocycles. The van der Waals surface area contributed by atoms with Crippen LogP contribution in [0.1, 0.15) is 23.2 Å². The van der Waals surface area contributed by atoms with Gasteiger partial charge in [0.2, 0.25) is 10.0 Å². The van der Waals surface area contributed by atoms with Crippen molar-refractivity contribution < 1.29 is 18.3 Å². The minimum absolute atomic E-state index is 0.0802. The number of primary sulfonamides is 1. The Kier molecular flexibility index (Phi) is 5.03. The molecule has 1 aliphatic heterocycles. The highest BCUT2D eigenvalue weighted by Gasteiger charge is 2.26. The van der Waals surface area contributed by atoms with Crippen molar-refractivity contribution in [1.29, 1.82) is 0 Å². The Hall–Kier alpha value is -2.03. The van der Waals surface area contributed by atoms with Gasteiger partial charge in [0.15, 0.2) is 0 Å². The smallest absolute Gasteiger partial charge is 0.335 e. The summed E-state index contributed by atoms with van der Waals surface area (Å²) in [5, 5.41) is 14.8. The number of hydrogen-bond acceptors (Lipinski definition) is 5. The van der Waals surface area contributed by atoms with Crippen molar-refractivity contribution >= 4 is 33.4 Å². The molecular formula is C17H18N2O4S2. The average molecular weight is 378 g/mol. The lowest BCUT2D eigenvalue weighted by molar-refractivity contribution is 0.0696. The zero-order valence-corrected chi connectivity index (χ0v) is 15.0. The van der Waals surface area contributed by atoms with E-state index >= 15 is 0 Å². The van der Waals surface area contributed by atoms with Gasteiger partial charge in [-0.25, -0.2) is 18.4 Å². The summed E-state index contributed by atoms with van der Waals surface area (Å²) >= 11 is 1.28. The lowest BCUT2D eigenvalue weighted by atomic mass is 10.2. The molecule has 0 unspecified atom stereocenters. The molecule has 25 heavy (non-hydrogen) atoms. The maximum absolute atomic E-state index is 12.1. The Balaban J connectivity index is 2.22. The second-order valence-electron chi connectivity index (χ2n) is 5.78. The van der Waals surface area contributed by atoms with Crippen LogP contribution in [0.5, 0.6) is 0 Å². The molecule has 0 aliphatic carbocycles.